The summed E-state index contributed by atoms with van der Waals surface area (Å²) in [4.78, 5) is 27.5. The summed E-state index contributed by atoms with van der Waals surface area (Å²) in [6.07, 6.45) is 6.08. The van der Waals surface area contributed by atoms with Crippen molar-refractivity contribution < 1.29 is 9.59 Å². The molecule has 1 saturated carbocycles. The van der Waals surface area contributed by atoms with E-state index in [4.69, 9.17) is 0 Å². The Morgan fingerprint density at radius 2 is 2.06 bits per heavy atom. The fraction of sp³-hybridized carbons (Fsp3) is 0.857. The number of Topliss-reactive ketones (excluding diaryl/α,β-unsaturated/α-hetero) is 1. The molecule has 1 unspecified atom stereocenters. The summed E-state index contributed by atoms with van der Waals surface area (Å²) in [5.74, 6) is 0.927. The van der Waals surface area contributed by atoms with E-state index >= 15 is 0 Å². The van der Waals surface area contributed by atoms with Gasteiger partial charge in [0.1, 0.15) is 5.78 Å². The van der Waals surface area contributed by atoms with E-state index < -0.39 is 0 Å². The van der Waals surface area contributed by atoms with Gasteiger partial charge in [0.05, 0.1) is 6.54 Å². The van der Waals surface area contributed by atoms with Gasteiger partial charge in [0.2, 0.25) is 5.91 Å². The van der Waals surface area contributed by atoms with Crippen LogP contribution in [0, 0.1) is 5.92 Å². The van der Waals surface area contributed by atoms with Crippen molar-refractivity contribution in [2.45, 2.75) is 38.5 Å². The van der Waals surface area contributed by atoms with E-state index in [1.165, 1.54) is 0 Å². The van der Waals surface area contributed by atoms with Gasteiger partial charge in [-0.1, -0.05) is 0 Å². The molecule has 18 heavy (non-hydrogen) atoms. The van der Waals surface area contributed by atoms with Gasteiger partial charge in [-0.15, -0.1) is 0 Å². The smallest absolute Gasteiger partial charge is 0.236 e. The Balaban J connectivity index is 1.66. The molecule has 0 radical (unpaired) electrons. The molecule has 1 saturated heterocycles. The number of hydrogen-bond donors (Lipinski definition) is 0. The topological polar surface area (TPSA) is 40.6 Å². The molecule has 2 rings (SSSR count). The Labute approximate surface area is 109 Å². The van der Waals surface area contributed by atoms with E-state index in [9.17, 15) is 9.59 Å². The first-order chi connectivity index (χ1) is 8.66. The zero-order chi connectivity index (χ0) is 13.0. The van der Waals surface area contributed by atoms with Crippen LogP contribution in [0.4, 0.5) is 0 Å². The first kappa shape index (κ1) is 13.5. The third kappa shape index (κ3) is 3.55. The van der Waals surface area contributed by atoms with Crippen molar-refractivity contribution >= 4 is 11.7 Å². The minimum Gasteiger partial charge on any atom is -0.342 e. The van der Waals surface area contributed by atoms with Crippen molar-refractivity contribution in [3.63, 3.8) is 0 Å². The van der Waals surface area contributed by atoms with Crippen LogP contribution < -0.4 is 0 Å². The average Bonchev–Trinajstić information content (AvgIpc) is 2.97. The van der Waals surface area contributed by atoms with Crippen molar-refractivity contribution in [3.05, 3.63) is 0 Å². The maximum Gasteiger partial charge on any atom is 0.236 e. The Morgan fingerprint density at radius 1 is 1.33 bits per heavy atom. The van der Waals surface area contributed by atoms with Gasteiger partial charge >= 0.3 is 0 Å². The van der Waals surface area contributed by atoms with E-state index in [-0.39, 0.29) is 11.8 Å². The number of nitrogens with zero attached hydrogens (tertiary/aromatic N) is 2. The van der Waals surface area contributed by atoms with Crippen LogP contribution in [0.15, 0.2) is 0 Å². The summed E-state index contributed by atoms with van der Waals surface area (Å²) in [7, 11) is 1.98. The highest BCUT2D eigenvalue weighted by Crippen LogP contribution is 2.24. The number of likely N-dealkylation sites (tertiary alicyclic amines) is 1. The molecule has 0 N–H and O–H groups in total. The van der Waals surface area contributed by atoms with Gasteiger partial charge < -0.3 is 4.90 Å². The number of ketones is 1. The molecule has 4 heteroatoms. The van der Waals surface area contributed by atoms with Crippen LogP contribution in [0.5, 0.6) is 0 Å². The lowest BCUT2D eigenvalue weighted by Gasteiger charge is -2.22. The lowest BCUT2D eigenvalue weighted by atomic mass is 10.0. The molecule has 102 valence electrons. The molecular formula is C14H24N2O2. The van der Waals surface area contributed by atoms with Crippen LogP contribution in [-0.2, 0) is 9.59 Å². The van der Waals surface area contributed by atoms with Gasteiger partial charge in [-0.25, -0.2) is 0 Å². The summed E-state index contributed by atoms with van der Waals surface area (Å²) in [5.41, 5.74) is 0. The summed E-state index contributed by atoms with van der Waals surface area (Å²) >= 11 is 0. The molecule has 1 aliphatic heterocycles. The molecule has 0 bridgehead atoms. The number of carbonyl (C=O) groups excluding carboxylic acids is 2. The van der Waals surface area contributed by atoms with Gasteiger partial charge in [-0.3, -0.25) is 14.5 Å². The normalized spacial score (nSPS) is 24.2. The highest BCUT2D eigenvalue weighted by Gasteiger charge is 2.25. The molecule has 1 heterocycles. The van der Waals surface area contributed by atoms with E-state index in [0.717, 1.165) is 58.2 Å². The second-order valence-electron chi connectivity index (χ2n) is 5.67. The number of hydrogen-bond acceptors (Lipinski definition) is 3. The van der Waals surface area contributed by atoms with E-state index in [1.54, 1.807) is 0 Å². The highest BCUT2D eigenvalue weighted by atomic mass is 16.2. The van der Waals surface area contributed by atoms with Crippen molar-refractivity contribution in [2.75, 3.05) is 33.2 Å². The van der Waals surface area contributed by atoms with Gasteiger partial charge in [0.15, 0.2) is 0 Å². The monoisotopic (exact) mass is 252 g/mol. The van der Waals surface area contributed by atoms with Gasteiger partial charge in [0, 0.05) is 25.4 Å². The molecule has 2 fully saturated rings. The zero-order valence-electron chi connectivity index (χ0n) is 11.4. The first-order valence-corrected chi connectivity index (χ1v) is 7.16. The van der Waals surface area contributed by atoms with Crippen LogP contribution in [0.25, 0.3) is 0 Å². The molecule has 1 atom stereocenters. The van der Waals surface area contributed by atoms with Crippen LogP contribution in [0.2, 0.25) is 0 Å². The standard InChI is InChI=1S/C14H24N2O2/c1-15(10-7-12-5-4-6-13(12)17)11-14(18)16-8-2-3-9-16/h12H,2-11H2,1H3. The van der Waals surface area contributed by atoms with Crippen molar-refractivity contribution in [1.82, 2.24) is 9.80 Å². The van der Waals surface area contributed by atoms with Crippen LogP contribution in [-0.4, -0.2) is 54.7 Å². The Hall–Kier alpha value is -0.900. The zero-order valence-corrected chi connectivity index (χ0v) is 11.4. The van der Waals surface area contributed by atoms with Gasteiger partial charge in [0.25, 0.3) is 0 Å². The van der Waals surface area contributed by atoms with Crippen molar-refractivity contribution in [1.29, 1.82) is 0 Å². The average molecular weight is 252 g/mol. The van der Waals surface area contributed by atoms with Gasteiger partial charge in [-0.2, -0.15) is 0 Å². The molecule has 0 aromatic carbocycles. The Bertz CT molecular complexity index is 311. The lowest BCUT2D eigenvalue weighted by Crippen LogP contribution is -2.38. The van der Waals surface area contributed by atoms with Crippen LogP contribution in [0.3, 0.4) is 0 Å². The molecule has 0 aromatic heterocycles. The third-order valence-corrected chi connectivity index (χ3v) is 4.15. The fourth-order valence-electron chi connectivity index (χ4n) is 2.95. The second kappa shape index (κ2) is 6.32. The molecule has 2 aliphatic rings. The largest absolute Gasteiger partial charge is 0.342 e. The fourth-order valence-corrected chi connectivity index (χ4v) is 2.95. The highest BCUT2D eigenvalue weighted by molar-refractivity contribution is 5.82. The summed E-state index contributed by atoms with van der Waals surface area (Å²) in [5, 5.41) is 0. The summed E-state index contributed by atoms with van der Waals surface area (Å²) in [6, 6.07) is 0. The minimum atomic E-state index is 0.243. The lowest BCUT2D eigenvalue weighted by molar-refractivity contribution is -0.131. The predicted molar refractivity (Wildman–Crippen MR) is 70.3 cm³/mol. The van der Waals surface area contributed by atoms with Crippen LogP contribution >= 0.6 is 0 Å². The van der Waals surface area contributed by atoms with Crippen molar-refractivity contribution in [2.24, 2.45) is 5.92 Å². The number of rotatable bonds is 5. The maximum atomic E-state index is 11.9. The molecule has 1 amide bonds. The number of amides is 1. The maximum absolute atomic E-state index is 11.9. The molecule has 1 aliphatic carbocycles. The molecule has 4 nitrogen and oxygen atoms in total. The van der Waals surface area contributed by atoms with Crippen molar-refractivity contribution in [3.8, 4) is 0 Å². The summed E-state index contributed by atoms with van der Waals surface area (Å²) in [6.45, 7) is 3.21. The second-order valence-corrected chi connectivity index (χ2v) is 5.67. The molecular weight excluding hydrogens is 228 g/mol. The molecule has 0 spiro atoms. The SMILES string of the molecule is CN(CCC1CCCC1=O)CC(=O)N1CCCC1. The summed E-state index contributed by atoms with van der Waals surface area (Å²) < 4.78 is 0. The quantitative estimate of drug-likeness (QED) is 0.740. The Morgan fingerprint density at radius 3 is 2.67 bits per heavy atom. The van der Waals surface area contributed by atoms with E-state index in [2.05, 4.69) is 4.90 Å². The minimum absolute atomic E-state index is 0.243. The molecule has 0 aromatic rings. The Kier molecular flexibility index (Phi) is 4.75. The third-order valence-electron chi connectivity index (χ3n) is 4.15. The first-order valence-electron chi connectivity index (χ1n) is 7.16. The van der Waals surface area contributed by atoms with Gasteiger partial charge in [-0.05, 0) is 45.7 Å². The van der Waals surface area contributed by atoms with E-state index in [1.807, 2.05) is 11.9 Å². The number of likely N-dealkylation sites (N-methyl/N-ethyl adjacent to an activating group) is 1. The number of carbonyl (C=O) groups is 2. The predicted octanol–water partition coefficient (Wildman–Crippen LogP) is 1.30. The van der Waals surface area contributed by atoms with E-state index in [0.29, 0.717) is 12.3 Å². The van der Waals surface area contributed by atoms with Crippen LogP contribution in [0.1, 0.15) is 38.5 Å².